The number of amides is 1. The fourth-order valence-electron chi connectivity index (χ4n) is 1.51. The first-order valence-electron chi connectivity index (χ1n) is 5.84. The van der Waals surface area contributed by atoms with Crippen LogP contribution in [0.25, 0.3) is 0 Å². The van der Waals surface area contributed by atoms with Gasteiger partial charge in [-0.3, -0.25) is 10.2 Å². The van der Waals surface area contributed by atoms with Gasteiger partial charge in [-0.2, -0.15) is 0 Å². The van der Waals surface area contributed by atoms with E-state index in [0.29, 0.717) is 9.48 Å². The summed E-state index contributed by atoms with van der Waals surface area (Å²) in [5, 5.41) is 2.46. The van der Waals surface area contributed by atoms with Gasteiger partial charge in [0.1, 0.15) is 5.01 Å². The highest BCUT2D eigenvalue weighted by atomic mass is 79.9. The summed E-state index contributed by atoms with van der Waals surface area (Å²) in [4.78, 5) is 18.0. The zero-order valence-corrected chi connectivity index (χ0v) is 14.2. The Morgan fingerprint density at radius 1 is 1.38 bits per heavy atom. The first-order valence-corrected chi connectivity index (χ1v) is 9.00. The molecule has 2 aromatic rings. The van der Waals surface area contributed by atoms with Crippen LogP contribution in [0.2, 0.25) is 0 Å². The van der Waals surface area contributed by atoms with Crippen LogP contribution < -0.4 is 10.3 Å². The van der Waals surface area contributed by atoms with Crippen molar-refractivity contribution in [3.05, 3.63) is 44.8 Å². The van der Waals surface area contributed by atoms with Gasteiger partial charge in [-0.1, -0.05) is 12.1 Å². The predicted octanol–water partition coefficient (Wildman–Crippen LogP) is 1.77. The lowest BCUT2D eigenvalue weighted by Gasteiger charge is -2.09. The molecule has 1 aromatic carbocycles. The molecule has 0 atom stereocenters. The third kappa shape index (κ3) is 4.34. The van der Waals surface area contributed by atoms with Crippen molar-refractivity contribution in [2.24, 2.45) is 0 Å². The van der Waals surface area contributed by atoms with E-state index in [-0.39, 0.29) is 11.3 Å². The summed E-state index contributed by atoms with van der Waals surface area (Å²) in [7, 11) is -3.82. The number of aromatic nitrogens is 1. The minimum atomic E-state index is -3.82. The first-order chi connectivity index (χ1) is 9.88. The van der Waals surface area contributed by atoms with E-state index in [1.54, 1.807) is 18.2 Å². The largest absolute Gasteiger partial charge is 0.277 e. The number of hydrazine groups is 1. The van der Waals surface area contributed by atoms with E-state index in [0.717, 1.165) is 5.69 Å². The second-order valence-corrected chi connectivity index (χ2v) is 7.59. The van der Waals surface area contributed by atoms with Gasteiger partial charge in [0, 0.05) is 15.5 Å². The van der Waals surface area contributed by atoms with Gasteiger partial charge in [-0.05, 0) is 35.0 Å². The molecule has 6 nitrogen and oxygen atoms in total. The van der Waals surface area contributed by atoms with Crippen molar-refractivity contribution in [2.45, 2.75) is 18.2 Å². The molecular weight excluding hydrogens is 378 g/mol. The maximum absolute atomic E-state index is 12.0. The van der Waals surface area contributed by atoms with Crippen molar-refractivity contribution in [1.82, 2.24) is 15.2 Å². The second kappa shape index (κ2) is 6.65. The maximum Gasteiger partial charge on any atom is 0.258 e. The molecule has 0 saturated heterocycles. The summed E-state index contributed by atoms with van der Waals surface area (Å²) in [5.74, 6) is -0.472. The summed E-state index contributed by atoms with van der Waals surface area (Å²) in [6.07, 6.45) is 0.0248. The van der Waals surface area contributed by atoms with Crippen molar-refractivity contribution in [2.75, 3.05) is 0 Å². The molecule has 1 heterocycles. The molecule has 1 amide bonds. The molecule has 0 fully saturated rings. The van der Waals surface area contributed by atoms with Gasteiger partial charge < -0.3 is 0 Å². The van der Waals surface area contributed by atoms with Crippen LogP contribution in [-0.2, 0) is 21.2 Å². The van der Waals surface area contributed by atoms with Crippen molar-refractivity contribution >= 4 is 43.2 Å². The van der Waals surface area contributed by atoms with Crippen LogP contribution in [0.1, 0.15) is 10.7 Å². The Labute approximate surface area is 134 Å². The van der Waals surface area contributed by atoms with Gasteiger partial charge in [0.05, 0.1) is 11.3 Å². The lowest BCUT2D eigenvalue weighted by molar-refractivity contribution is -0.120. The molecule has 0 radical (unpaired) electrons. The quantitative estimate of drug-likeness (QED) is 0.762. The number of thiazole rings is 1. The Hall–Kier alpha value is -1.29. The number of halogens is 1. The van der Waals surface area contributed by atoms with Crippen molar-refractivity contribution in [1.29, 1.82) is 0 Å². The molecule has 9 heteroatoms. The van der Waals surface area contributed by atoms with Gasteiger partial charge >= 0.3 is 0 Å². The Morgan fingerprint density at radius 3 is 2.71 bits per heavy atom. The smallest absolute Gasteiger partial charge is 0.258 e. The average Bonchev–Trinajstić information content (AvgIpc) is 2.82. The predicted molar refractivity (Wildman–Crippen MR) is 83.2 cm³/mol. The Balaban J connectivity index is 1.99. The fourth-order valence-corrected chi connectivity index (χ4v) is 4.14. The lowest BCUT2D eigenvalue weighted by Crippen LogP contribution is -2.42. The number of hydrogen-bond acceptors (Lipinski definition) is 5. The summed E-state index contributed by atoms with van der Waals surface area (Å²) in [5.41, 5.74) is 3.01. The summed E-state index contributed by atoms with van der Waals surface area (Å²) in [6, 6.07) is 6.34. The topological polar surface area (TPSA) is 88.2 Å². The number of carbonyl (C=O) groups is 1. The number of carbonyl (C=O) groups excluding carboxylic acids is 1. The van der Waals surface area contributed by atoms with E-state index in [1.165, 1.54) is 17.4 Å². The highest BCUT2D eigenvalue weighted by molar-refractivity contribution is 9.10. The Kier molecular flexibility index (Phi) is 5.09. The molecule has 0 aliphatic carbocycles. The number of nitrogens with one attached hydrogen (secondary N) is 2. The lowest BCUT2D eigenvalue weighted by atomic mass is 10.4. The summed E-state index contributed by atoms with van der Waals surface area (Å²) in [6.45, 7) is 1.83. The zero-order valence-electron chi connectivity index (χ0n) is 11.0. The van der Waals surface area contributed by atoms with E-state index in [4.69, 9.17) is 0 Å². The molecule has 21 heavy (non-hydrogen) atoms. The molecule has 0 spiro atoms. The molecule has 2 rings (SSSR count). The minimum Gasteiger partial charge on any atom is -0.277 e. The number of benzene rings is 1. The maximum atomic E-state index is 12.0. The fraction of sp³-hybridized carbons (Fsp3) is 0.167. The van der Waals surface area contributed by atoms with Gasteiger partial charge in [-0.15, -0.1) is 16.2 Å². The Morgan fingerprint density at radius 2 is 2.10 bits per heavy atom. The standard InChI is InChI=1S/C12H12BrN3O3S2/c1-8-7-20-12(14-8)6-11(17)15-16-21(18,19)10-5-3-2-4-9(10)13/h2-5,7,16H,6H2,1H3,(H,15,17). The minimum absolute atomic E-state index is 0.0248. The molecule has 0 bridgehead atoms. The van der Waals surface area contributed by atoms with Crippen LogP contribution in [0, 0.1) is 6.92 Å². The van der Waals surface area contributed by atoms with E-state index in [9.17, 15) is 13.2 Å². The van der Waals surface area contributed by atoms with E-state index < -0.39 is 15.9 Å². The van der Waals surface area contributed by atoms with Crippen LogP contribution in [0.5, 0.6) is 0 Å². The van der Waals surface area contributed by atoms with Gasteiger partial charge in [0.15, 0.2) is 0 Å². The van der Waals surface area contributed by atoms with E-state index in [1.807, 2.05) is 12.3 Å². The first kappa shape index (κ1) is 16.1. The SMILES string of the molecule is Cc1csc(CC(=O)NNS(=O)(=O)c2ccccc2Br)n1. The van der Waals surface area contributed by atoms with Crippen LogP contribution in [-0.4, -0.2) is 19.3 Å². The summed E-state index contributed by atoms with van der Waals surface area (Å²) >= 11 is 4.51. The average molecular weight is 390 g/mol. The van der Waals surface area contributed by atoms with Crippen molar-refractivity contribution < 1.29 is 13.2 Å². The highest BCUT2D eigenvalue weighted by Crippen LogP contribution is 2.20. The van der Waals surface area contributed by atoms with Crippen LogP contribution in [0.15, 0.2) is 39.0 Å². The third-order valence-electron chi connectivity index (χ3n) is 2.43. The molecule has 0 aliphatic heterocycles. The van der Waals surface area contributed by atoms with Crippen LogP contribution >= 0.6 is 27.3 Å². The van der Waals surface area contributed by atoms with Crippen molar-refractivity contribution in [3.63, 3.8) is 0 Å². The molecule has 0 aliphatic rings. The molecule has 112 valence electrons. The molecule has 0 unspecified atom stereocenters. The van der Waals surface area contributed by atoms with Gasteiger partial charge in [0.25, 0.3) is 10.0 Å². The summed E-state index contributed by atoms with van der Waals surface area (Å²) < 4.78 is 24.5. The van der Waals surface area contributed by atoms with E-state index >= 15 is 0 Å². The number of hydrogen-bond donors (Lipinski definition) is 2. The third-order valence-corrected chi connectivity index (χ3v) is 5.66. The monoisotopic (exact) mass is 389 g/mol. The molecule has 2 N–H and O–H groups in total. The number of aryl methyl sites for hydroxylation is 1. The van der Waals surface area contributed by atoms with Crippen LogP contribution in [0.4, 0.5) is 0 Å². The number of nitrogens with zero attached hydrogens (tertiary/aromatic N) is 1. The van der Waals surface area contributed by atoms with Crippen molar-refractivity contribution in [3.8, 4) is 0 Å². The normalized spacial score (nSPS) is 11.3. The molecule has 0 saturated carbocycles. The Bertz CT molecular complexity index is 759. The van der Waals surface area contributed by atoms with Crippen LogP contribution in [0.3, 0.4) is 0 Å². The van der Waals surface area contributed by atoms with Gasteiger partial charge in [-0.25, -0.2) is 13.4 Å². The zero-order chi connectivity index (χ0) is 15.5. The number of sulfonamides is 1. The molecular formula is C12H12BrN3O3S2. The highest BCUT2D eigenvalue weighted by Gasteiger charge is 2.18. The van der Waals surface area contributed by atoms with E-state index in [2.05, 4.69) is 31.2 Å². The second-order valence-electron chi connectivity index (χ2n) is 4.14. The van der Waals surface area contributed by atoms with Gasteiger partial charge in [0.2, 0.25) is 5.91 Å². The number of rotatable bonds is 5. The molecule has 1 aromatic heterocycles.